The molecule has 1 aliphatic heterocycles. The summed E-state index contributed by atoms with van der Waals surface area (Å²) in [6.45, 7) is 11.3. The molecular formula is C22H37N3O3. The zero-order chi connectivity index (χ0) is 20.2. The van der Waals surface area contributed by atoms with Crippen LogP contribution in [0.25, 0.3) is 0 Å². The summed E-state index contributed by atoms with van der Waals surface area (Å²) < 4.78 is 16.8. The van der Waals surface area contributed by atoms with E-state index >= 15 is 0 Å². The minimum absolute atomic E-state index is 0.156. The number of rotatable bonds is 11. The van der Waals surface area contributed by atoms with Crippen molar-refractivity contribution in [1.82, 2.24) is 10.6 Å². The largest absolute Gasteiger partial charge is 0.493 e. The van der Waals surface area contributed by atoms with E-state index in [1.807, 2.05) is 12.1 Å². The molecule has 0 radical (unpaired) electrons. The molecule has 0 aliphatic carbocycles. The van der Waals surface area contributed by atoms with Crippen LogP contribution < -0.4 is 15.4 Å². The van der Waals surface area contributed by atoms with Crippen LogP contribution in [-0.2, 0) is 9.47 Å². The summed E-state index contributed by atoms with van der Waals surface area (Å²) in [7, 11) is 1.79. The maximum Gasteiger partial charge on any atom is 0.191 e. The maximum atomic E-state index is 5.75. The molecule has 1 aliphatic rings. The number of hydrogen-bond donors (Lipinski definition) is 2. The van der Waals surface area contributed by atoms with E-state index in [4.69, 9.17) is 14.2 Å². The van der Waals surface area contributed by atoms with Crippen molar-refractivity contribution in [3.63, 3.8) is 0 Å². The Kier molecular flexibility index (Phi) is 10.1. The van der Waals surface area contributed by atoms with Crippen LogP contribution in [0.4, 0.5) is 0 Å². The number of ether oxygens (including phenoxy) is 3. The third-order valence-electron chi connectivity index (χ3n) is 4.68. The third kappa shape index (κ3) is 8.48. The molecule has 2 rings (SSSR count). The first kappa shape index (κ1) is 22.5. The molecule has 0 amide bonds. The number of hydrogen-bond acceptors (Lipinski definition) is 4. The first-order valence-corrected chi connectivity index (χ1v) is 10.4. The van der Waals surface area contributed by atoms with Gasteiger partial charge in [-0.2, -0.15) is 0 Å². The fourth-order valence-electron chi connectivity index (χ4n) is 2.94. The van der Waals surface area contributed by atoms with Gasteiger partial charge >= 0.3 is 0 Å². The highest BCUT2D eigenvalue weighted by Crippen LogP contribution is 2.18. The van der Waals surface area contributed by atoms with Gasteiger partial charge in [0.1, 0.15) is 5.75 Å². The van der Waals surface area contributed by atoms with Crippen LogP contribution in [0.1, 0.15) is 45.2 Å². The van der Waals surface area contributed by atoms with Crippen molar-refractivity contribution in [1.29, 1.82) is 0 Å². The lowest BCUT2D eigenvalue weighted by Gasteiger charge is -2.19. The van der Waals surface area contributed by atoms with Gasteiger partial charge < -0.3 is 24.8 Å². The van der Waals surface area contributed by atoms with Crippen LogP contribution in [0, 0.1) is 11.8 Å². The average molecular weight is 392 g/mol. The smallest absolute Gasteiger partial charge is 0.191 e. The average Bonchev–Trinajstić information content (AvgIpc) is 3.21. The second-order valence-electron chi connectivity index (χ2n) is 7.80. The minimum atomic E-state index is 0.156. The van der Waals surface area contributed by atoms with Crippen LogP contribution >= 0.6 is 0 Å². The van der Waals surface area contributed by atoms with E-state index < -0.39 is 0 Å². The van der Waals surface area contributed by atoms with Gasteiger partial charge in [0.25, 0.3) is 0 Å². The van der Waals surface area contributed by atoms with Crippen molar-refractivity contribution in [3.8, 4) is 5.75 Å². The first-order valence-electron chi connectivity index (χ1n) is 10.4. The van der Waals surface area contributed by atoms with Crippen LogP contribution in [0.2, 0.25) is 0 Å². The molecular weight excluding hydrogens is 354 g/mol. The number of nitrogens with one attached hydrogen (secondary N) is 2. The molecule has 6 nitrogen and oxygen atoms in total. The van der Waals surface area contributed by atoms with Gasteiger partial charge in [0.05, 0.1) is 25.9 Å². The monoisotopic (exact) mass is 391 g/mol. The molecule has 0 aromatic heterocycles. The summed E-state index contributed by atoms with van der Waals surface area (Å²) >= 11 is 0. The van der Waals surface area contributed by atoms with E-state index in [-0.39, 0.29) is 6.04 Å². The fourth-order valence-corrected chi connectivity index (χ4v) is 2.94. The Morgan fingerprint density at radius 2 is 2.04 bits per heavy atom. The summed E-state index contributed by atoms with van der Waals surface area (Å²) in [5, 5.41) is 6.78. The fraction of sp³-hybridized carbons (Fsp3) is 0.682. The van der Waals surface area contributed by atoms with Gasteiger partial charge in [0, 0.05) is 32.7 Å². The van der Waals surface area contributed by atoms with Crippen LogP contribution in [0.5, 0.6) is 5.75 Å². The molecule has 1 aromatic rings. The Labute approximate surface area is 170 Å². The van der Waals surface area contributed by atoms with Crippen molar-refractivity contribution in [2.45, 2.75) is 39.7 Å². The third-order valence-corrected chi connectivity index (χ3v) is 4.68. The van der Waals surface area contributed by atoms with Crippen molar-refractivity contribution < 1.29 is 14.2 Å². The molecule has 1 saturated heterocycles. The van der Waals surface area contributed by atoms with E-state index in [1.54, 1.807) is 7.05 Å². The maximum absolute atomic E-state index is 5.75. The topological polar surface area (TPSA) is 64.1 Å². The van der Waals surface area contributed by atoms with Gasteiger partial charge in [-0.05, 0) is 43.4 Å². The number of guanidine groups is 1. The lowest BCUT2D eigenvalue weighted by Crippen LogP contribution is -2.39. The van der Waals surface area contributed by atoms with Crippen LogP contribution in [-0.4, -0.2) is 52.6 Å². The second kappa shape index (κ2) is 12.6. The molecule has 2 unspecified atom stereocenters. The highest BCUT2D eigenvalue weighted by Gasteiger charge is 2.15. The molecule has 1 fully saturated rings. The first-order chi connectivity index (χ1) is 13.6. The van der Waals surface area contributed by atoms with E-state index in [0.29, 0.717) is 11.8 Å². The Morgan fingerprint density at radius 1 is 1.25 bits per heavy atom. The highest BCUT2D eigenvalue weighted by atomic mass is 16.5. The lowest BCUT2D eigenvalue weighted by atomic mass is 10.1. The number of nitrogens with zero attached hydrogens (tertiary/aromatic N) is 1. The molecule has 28 heavy (non-hydrogen) atoms. The number of benzene rings is 1. The highest BCUT2D eigenvalue weighted by molar-refractivity contribution is 5.80. The Balaban J connectivity index is 1.64. The summed E-state index contributed by atoms with van der Waals surface area (Å²) in [4.78, 5) is 4.31. The summed E-state index contributed by atoms with van der Waals surface area (Å²) in [5.74, 6) is 2.82. The van der Waals surface area contributed by atoms with E-state index in [2.05, 4.69) is 48.5 Å². The Morgan fingerprint density at radius 3 is 2.68 bits per heavy atom. The van der Waals surface area contributed by atoms with Crippen molar-refractivity contribution in [2.75, 3.05) is 46.6 Å². The molecule has 0 saturated carbocycles. The van der Waals surface area contributed by atoms with Crippen molar-refractivity contribution >= 4 is 5.96 Å². The summed E-state index contributed by atoms with van der Waals surface area (Å²) in [6, 6.07) is 8.41. The lowest BCUT2D eigenvalue weighted by molar-refractivity contribution is 0.0888. The molecule has 1 heterocycles. The van der Waals surface area contributed by atoms with Gasteiger partial charge in [0.2, 0.25) is 0 Å². The predicted molar refractivity (Wildman–Crippen MR) is 114 cm³/mol. The zero-order valence-electron chi connectivity index (χ0n) is 17.9. The van der Waals surface area contributed by atoms with E-state index in [1.165, 1.54) is 5.56 Å². The zero-order valence-corrected chi connectivity index (χ0v) is 17.9. The molecule has 2 N–H and O–H groups in total. The van der Waals surface area contributed by atoms with E-state index in [0.717, 1.165) is 64.1 Å². The summed E-state index contributed by atoms with van der Waals surface area (Å²) in [5.41, 5.74) is 1.20. The van der Waals surface area contributed by atoms with Gasteiger partial charge in [-0.1, -0.05) is 26.0 Å². The molecule has 6 heteroatoms. The van der Waals surface area contributed by atoms with Gasteiger partial charge in [-0.15, -0.1) is 0 Å². The quantitative estimate of drug-likeness (QED) is 0.344. The van der Waals surface area contributed by atoms with Gasteiger partial charge in [-0.3, -0.25) is 4.99 Å². The van der Waals surface area contributed by atoms with Crippen LogP contribution in [0.3, 0.4) is 0 Å². The van der Waals surface area contributed by atoms with Crippen molar-refractivity contribution in [2.24, 2.45) is 16.8 Å². The Bertz CT molecular complexity index is 569. The minimum Gasteiger partial charge on any atom is -0.493 e. The van der Waals surface area contributed by atoms with Gasteiger partial charge in [0.15, 0.2) is 5.96 Å². The SMILES string of the molecule is CN=C(NCCCOCC1CCOC1)NC(C)c1ccc(OCC(C)C)cc1. The second-order valence-corrected chi connectivity index (χ2v) is 7.80. The predicted octanol–water partition coefficient (Wildman–Crippen LogP) is 3.39. The van der Waals surface area contributed by atoms with Crippen molar-refractivity contribution in [3.05, 3.63) is 29.8 Å². The standard InChI is InChI=1S/C22H37N3O3/c1-17(2)14-28-21-8-6-20(7-9-21)18(3)25-22(23-4)24-11-5-12-26-15-19-10-13-27-16-19/h6-9,17-19H,5,10-16H2,1-4H3,(H2,23,24,25). The summed E-state index contributed by atoms with van der Waals surface area (Å²) in [6.07, 6.45) is 2.07. The number of aliphatic imine (C=N–C) groups is 1. The molecule has 158 valence electrons. The molecule has 1 aromatic carbocycles. The van der Waals surface area contributed by atoms with E-state index in [9.17, 15) is 0 Å². The Hall–Kier alpha value is -1.79. The van der Waals surface area contributed by atoms with Gasteiger partial charge in [-0.25, -0.2) is 0 Å². The normalized spacial score (nSPS) is 18.3. The molecule has 0 bridgehead atoms. The molecule has 0 spiro atoms. The molecule has 2 atom stereocenters. The van der Waals surface area contributed by atoms with Crippen LogP contribution in [0.15, 0.2) is 29.3 Å².